The summed E-state index contributed by atoms with van der Waals surface area (Å²) in [5, 5.41) is 18.2. The second-order valence-corrected chi connectivity index (χ2v) is 5.89. The maximum atomic E-state index is 12.0. The lowest BCUT2D eigenvalue weighted by Crippen LogP contribution is -2.14. The van der Waals surface area contributed by atoms with E-state index in [4.69, 9.17) is 13.3 Å². The number of thioether (sulfide) groups is 1. The van der Waals surface area contributed by atoms with Crippen LogP contribution in [0, 0.1) is 0 Å². The molecule has 0 saturated carbocycles. The van der Waals surface area contributed by atoms with E-state index < -0.39 is 0 Å². The number of hydrogen-bond donors (Lipinski definition) is 1. The number of carbonyl (C=O) groups excluding carboxylic acids is 1. The molecule has 3 heterocycles. The van der Waals surface area contributed by atoms with Crippen molar-refractivity contribution in [3.8, 4) is 23.1 Å². The van der Waals surface area contributed by atoms with E-state index >= 15 is 0 Å². The van der Waals surface area contributed by atoms with E-state index in [1.165, 1.54) is 6.26 Å². The zero-order valence-electron chi connectivity index (χ0n) is 13.2. The molecule has 0 atom stereocenters. The Morgan fingerprint density at radius 1 is 0.962 bits per heavy atom. The lowest BCUT2D eigenvalue weighted by molar-refractivity contribution is -0.113. The van der Waals surface area contributed by atoms with Gasteiger partial charge in [-0.25, -0.2) is 0 Å². The molecule has 0 fully saturated rings. The third-order valence-electron chi connectivity index (χ3n) is 3.16. The van der Waals surface area contributed by atoms with Crippen LogP contribution < -0.4 is 5.32 Å². The fourth-order valence-electron chi connectivity index (χ4n) is 2.02. The molecule has 9 nitrogen and oxygen atoms in total. The van der Waals surface area contributed by atoms with Crippen molar-refractivity contribution in [1.82, 2.24) is 20.4 Å². The summed E-state index contributed by atoms with van der Waals surface area (Å²) >= 11 is 1.09. The van der Waals surface area contributed by atoms with Crippen LogP contribution in [0.5, 0.6) is 0 Å². The van der Waals surface area contributed by atoms with Crippen LogP contribution in [0.2, 0.25) is 0 Å². The number of nitrogens with one attached hydrogen (secondary N) is 1. The van der Waals surface area contributed by atoms with Gasteiger partial charge in [-0.3, -0.25) is 10.1 Å². The second-order valence-electron chi connectivity index (χ2n) is 4.97. The Hall–Kier alpha value is -3.40. The van der Waals surface area contributed by atoms with Crippen LogP contribution in [0.3, 0.4) is 0 Å². The Balaban J connectivity index is 1.33. The fraction of sp³-hybridized carbons (Fsp3) is 0.0625. The number of aromatic nitrogens is 4. The molecule has 0 aliphatic heterocycles. The van der Waals surface area contributed by atoms with Gasteiger partial charge in [-0.05, 0) is 24.3 Å². The average molecular weight is 369 g/mol. The molecule has 130 valence electrons. The van der Waals surface area contributed by atoms with Crippen molar-refractivity contribution in [3.63, 3.8) is 0 Å². The first-order valence-corrected chi connectivity index (χ1v) is 8.45. The molecule has 10 heteroatoms. The monoisotopic (exact) mass is 369 g/mol. The molecule has 0 spiro atoms. The lowest BCUT2D eigenvalue weighted by Gasteiger charge is -1.97. The normalized spacial score (nSPS) is 10.8. The van der Waals surface area contributed by atoms with E-state index in [-0.39, 0.29) is 28.8 Å². The number of benzene rings is 1. The first-order valence-electron chi connectivity index (χ1n) is 7.47. The van der Waals surface area contributed by atoms with Crippen LogP contribution in [0.15, 0.2) is 67.2 Å². The summed E-state index contributed by atoms with van der Waals surface area (Å²) in [6.45, 7) is 0. The highest BCUT2D eigenvalue weighted by Crippen LogP contribution is 2.24. The summed E-state index contributed by atoms with van der Waals surface area (Å²) in [6.07, 6.45) is 1.51. The van der Waals surface area contributed by atoms with Gasteiger partial charge in [0.1, 0.15) is 0 Å². The molecule has 0 aliphatic rings. The number of hydrogen-bond acceptors (Lipinski definition) is 9. The Kier molecular flexibility index (Phi) is 4.48. The van der Waals surface area contributed by atoms with Gasteiger partial charge in [0, 0.05) is 5.56 Å². The molecule has 1 aromatic carbocycles. The largest absolute Gasteiger partial charge is 0.459 e. The lowest BCUT2D eigenvalue weighted by atomic mass is 10.2. The summed E-state index contributed by atoms with van der Waals surface area (Å²) < 4.78 is 16.0. The van der Waals surface area contributed by atoms with Gasteiger partial charge in [0.2, 0.25) is 11.8 Å². The molecule has 0 saturated heterocycles. The van der Waals surface area contributed by atoms with Crippen molar-refractivity contribution in [2.75, 3.05) is 11.1 Å². The fourth-order valence-corrected chi connectivity index (χ4v) is 2.58. The standard InChI is InChI=1S/C16H11N5O4S/c22-12(9-26-16-21-19-14(25-16)11-7-4-8-23-11)17-15-20-18-13(24-15)10-5-2-1-3-6-10/h1-8H,9H2,(H,17,20,22). The van der Waals surface area contributed by atoms with Crippen LogP contribution in [-0.2, 0) is 4.79 Å². The van der Waals surface area contributed by atoms with Crippen LogP contribution >= 0.6 is 11.8 Å². The number of furan rings is 1. The van der Waals surface area contributed by atoms with Crippen molar-refractivity contribution in [2.24, 2.45) is 0 Å². The van der Waals surface area contributed by atoms with Crippen molar-refractivity contribution >= 4 is 23.7 Å². The Bertz CT molecular complexity index is 997. The number of rotatable bonds is 6. The summed E-state index contributed by atoms with van der Waals surface area (Å²) in [6, 6.07) is 12.7. The molecular weight excluding hydrogens is 358 g/mol. The summed E-state index contributed by atoms with van der Waals surface area (Å²) in [4.78, 5) is 12.0. The van der Waals surface area contributed by atoms with Gasteiger partial charge < -0.3 is 13.3 Å². The van der Waals surface area contributed by atoms with Gasteiger partial charge in [0.15, 0.2) is 5.76 Å². The molecule has 1 N–H and O–H groups in total. The van der Waals surface area contributed by atoms with Crippen molar-refractivity contribution in [3.05, 3.63) is 48.7 Å². The summed E-state index contributed by atoms with van der Waals surface area (Å²) in [5.41, 5.74) is 0.770. The van der Waals surface area contributed by atoms with E-state index in [0.717, 1.165) is 17.3 Å². The number of amides is 1. The summed E-state index contributed by atoms with van der Waals surface area (Å²) in [5.74, 6) is 0.753. The molecule has 4 rings (SSSR count). The Labute approximate surface area is 150 Å². The third kappa shape index (κ3) is 3.64. The Morgan fingerprint density at radius 2 is 1.81 bits per heavy atom. The smallest absolute Gasteiger partial charge is 0.322 e. The first kappa shape index (κ1) is 16.1. The molecule has 4 aromatic rings. The number of carbonyl (C=O) groups is 1. The molecule has 26 heavy (non-hydrogen) atoms. The van der Waals surface area contributed by atoms with Gasteiger partial charge >= 0.3 is 6.01 Å². The third-order valence-corrected chi connectivity index (χ3v) is 3.98. The highest BCUT2D eigenvalue weighted by atomic mass is 32.2. The minimum absolute atomic E-state index is 0.0243. The van der Waals surface area contributed by atoms with Crippen molar-refractivity contribution in [1.29, 1.82) is 0 Å². The van der Waals surface area contributed by atoms with E-state index in [2.05, 4.69) is 25.7 Å². The van der Waals surface area contributed by atoms with Crippen molar-refractivity contribution < 1.29 is 18.0 Å². The predicted molar refractivity (Wildman–Crippen MR) is 91.1 cm³/mol. The minimum atomic E-state index is -0.337. The van der Waals surface area contributed by atoms with Crippen LogP contribution in [-0.4, -0.2) is 32.1 Å². The molecule has 0 bridgehead atoms. The zero-order chi connectivity index (χ0) is 17.8. The van der Waals surface area contributed by atoms with Crippen LogP contribution in [0.1, 0.15) is 0 Å². The summed E-state index contributed by atoms with van der Waals surface area (Å²) in [7, 11) is 0. The SMILES string of the molecule is O=C(CSc1nnc(-c2ccco2)o1)Nc1nnc(-c2ccccc2)o1. The molecule has 3 aromatic heterocycles. The first-order chi connectivity index (χ1) is 12.8. The van der Waals surface area contributed by atoms with Gasteiger partial charge in [0.05, 0.1) is 12.0 Å². The highest BCUT2D eigenvalue weighted by molar-refractivity contribution is 7.99. The molecule has 1 amide bonds. The van der Waals surface area contributed by atoms with Gasteiger partial charge in [-0.2, -0.15) is 0 Å². The van der Waals surface area contributed by atoms with Crippen LogP contribution in [0.4, 0.5) is 6.01 Å². The van der Waals surface area contributed by atoms with E-state index in [1.54, 1.807) is 12.1 Å². The highest BCUT2D eigenvalue weighted by Gasteiger charge is 2.15. The maximum absolute atomic E-state index is 12.0. The molecule has 0 aliphatic carbocycles. The predicted octanol–water partition coefficient (Wildman–Crippen LogP) is 3.11. The number of nitrogens with zero attached hydrogens (tertiary/aromatic N) is 4. The average Bonchev–Trinajstić information content (AvgIpc) is 3.41. The maximum Gasteiger partial charge on any atom is 0.322 e. The zero-order valence-corrected chi connectivity index (χ0v) is 14.0. The Morgan fingerprint density at radius 3 is 2.62 bits per heavy atom. The molecular formula is C16H11N5O4S. The van der Waals surface area contributed by atoms with Gasteiger partial charge in [0.25, 0.3) is 11.1 Å². The van der Waals surface area contributed by atoms with Crippen molar-refractivity contribution in [2.45, 2.75) is 5.22 Å². The van der Waals surface area contributed by atoms with Gasteiger partial charge in [-0.1, -0.05) is 35.1 Å². The van der Waals surface area contributed by atoms with Crippen LogP contribution in [0.25, 0.3) is 23.1 Å². The molecule has 0 radical (unpaired) electrons. The topological polar surface area (TPSA) is 120 Å². The quantitative estimate of drug-likeness (QED) is 0.511. The molecule has 0 unspecified atom stereocenters. The van der Waals surface area contributed by atoms with Gasteiger partial charge in [-0.15, -0.1) is 15.3 Å². The number of anilines is 1. The van der Waals surface area contributed by atoms with E-state index in [1.807, 2.05) is 30.3 Å². The van der Waals surface area contributed by atoms with E-state index in [0.29, 0.717) is 11.7 Å². The minimum Gasteiger partial charge on any atom is -0.459 e. The second kappa shape index (κ2) is 7.23. The van der Waals surface area contributed by atoms with E-state index in [9.17, 15) is 4.79 Å².